The number of hydrogen-bond donors (Lipinski definition) is 1. The van der Waals surface area contributed by atoms with Gasteiger partial charge in [-0.3, -0.25) is 0 Å². The number of halogens is 2. The topological polar surface area (TPSA) is 33.1 Å². The van der Waals surface area contributed by atoms with Gasteiger partial charge in [-0.15, -0.1) is 0 Å². The van der Waals surface area contributed by atoms with E-state index in [1.807, 2.05) is 0 Å². The first-order chi connectivity index (χ1) is 5.59. The van der Waals surface area contributed by atoms with Crippen LogP contribution in [0.4, 0.5) is 4.39 Å². The highest BCUT2D eigenvalue weighted by molar-refractivity contribution is 9.10. The first-order valence-corrected chi connectivity index (χ1v) is 4.37. The van der Waals surface area contributed by atoms with Gasteiger partial charge in [0.25, 0.3) is 0 Å². The third-order valence-corrected chi connectivity index (χ3v) is 1.83. The molecule has 1 unspecified atom stereocenters. The van der Waals surface area contributed by atoms with Crippen molar-refractivity contribution < 1.29 is 9.50 Å². The summed E-state index contributed by atoms with van der Waals surface area (Å²) < 4.78 is 13.6. The lowest BCUT2D eigenvalue weighted by molar-refractivity contribution is 0.193. The first kappa shape index (κ1) is 9.61. The number of aliphatic hydroxyl groups excluding tert-OH is 1. The molecule has 1 aromatic rings. The molecule has 0 aliphatic carbocycles. The van der Waals surface area contributed by atoms with Gasteiger partial charge in [-0.1, -0.05) is 0 Å². The Kier molecular flexibility index (Phi) is 3.17. The summed E-state index contributed by atoms with van der Waals surface area (Å²) in [5.41, 5.74) is 0.430. The van der Waals surface area contributed by atoms with Gasteiger partial charge < -0.3 is 5.11 Å². The van der Waals surface area contributed by atoms with Crippen LogP contribution in [0.1, 0.15) is 12.5 Å². The molecule has 0 saturated carbocycles. The second-order valence-corrected chi connectivity index (χ2v) is 3.57. The highest BCUT2D eigenvalue weighted by Crippen LogP contribution is 2.14. The summed E-state index contributed by atoms with van der Waals surface area (Å²) in [6.07, 6.45) is 1.13. The molecule has 1 rings (SSSR count). The largest absolute Gasteiger partial charge is 0.393 e. The fourth-order valence-corrected chi connectivity index (χ4v) is 1.30. The van der Waals surface area contributed by atoms with E-state index in [1.165, 1.54) is 6.20 Å². The van der Waals surface area contributed by atoms with Crippen LogP contribution in [0, 0.1) is 5.95 Å². The molecule has 1 atom stereocenters. The molecule has 0 aliphatic rings. The van der Waals surface area contributed by atoms with Gasteiger partial charge in [-0.05, 0) is 28.9 Å². The smallest absolute Gasteiger partial charge is 0.216 e. The molecule has 66 valence electrons. The van der Waals surface area contributed by atoms with Gasteiger partial charge in [0, 0.05) is 22.7 Å². The Morgan fingerprint density at radius 3 is 3.00 bits per heavy atom. The van der Waals surface area contributed by atoms with Crippen molar-refractivity contribution in [3.8, 4) is 0 Å². The molecule has 0 aromatic carbocycles. The van der Waals surface area contributed by atoms with E-state index < -0.39 is 12.1 Å². The highest BCUT2D eigenvalue weighted by Gasteiger charge is 2.06. The van der Waals surface area contributed by atoms with Crippen LogP contribution in [0.15, 0.2) is 16.7 Å². The van der Waals surface area contributed by atoms with Crippen LogP contribution in [0.2, 0.25) is 0 Å². The van der Waals surface area contributed by atoms with Gasteiger partial charge in [-0.25, -0.2) is 4.98 Å². The van der Waals surface area contributed by atoms with Crippen molar-refractivity contribution in [2.75, 3.05) is 0 Å². The van der Waals surface area contributed by atoms with E-state index in [0.717, 1.165) is 4.47 Å². The summed E-state index contributed by atoms with van der Waals surface area (Å²) in [6.45, 7) is 1.61. The van der Waals surface area contributed by atoms with Crippen molar-refractivity contribution in [3.63, 3.8) is 0 Å². The van der Waals surface area contributed by atoms with E-state index >= 15 is 0 Å². The molecular weight excluding hydrogens is 225 g/mol. The summed E-state index contributed by atoms with van der Waals surface area (Å²) in [7, 11) is 0. The first-order valence-electron chi connectivity index (χ1n) is 3.57. The fourth-order valence-electron chi connectivity index (χ4n) is 0.926. The van der Waals surface area contributed by atoms with E-state index in [2.05, 4.69) is 20.9 Å². The van der Waals surface area contributed by atoms with Gasteiger partial charge in [0.1, 0.15) is 0 Å². The van der Waals surface area contributed by atoms with E-state index in [-0.39, 0.29) is 6.42 Å². The lowest BCUT2D eigenvalue weighted by atomic mass is 10.1. The molecule has 0 spiro atoms. The van der Waals surface area contributed by atoms with Crippen LogP contribution in [-0.2, 0) is 6.42 Å². The second-order valence-electron chi connectivity index (χ2n) is 2.66. The van der Waals surface area contributed by atoms with Crippen LogP contribution >= 0.6 is 15.9 Å². The zero-order valence-electron chi connectivity index (χ0n) is 6.59. The SMILES string of the molecule is CC(O)Cc1cc(Br)cnc1F. The van der Waals surface area contributed by atoms with Crippen molar-refractivity contribution >= 4 is 15.9 Å². The van der Waals surface area contributed by atoms with Crippen LogP contribution < -0.4 is 0 Å². The Bertz CT molecular complexity index is 278. The van der Waals surface area contributed by atoms with Crippen molar-refractivity contribution in [1.29, 1.82) is 0 Å². The number of rotatable bonds is 2. The van der Waals surface area contributed by atoms with E-state index in [1.54, 1.807) is 13.0 Å². The Hall–Kier alpha value is -0.480. The van der Waals surface area contributed by atoms with Gasteiger partial charge in [0.15, 0.2) is 0 Å². The number of hydrogen-bond acceptors (Lipinski definition) is 2. The predicted octanol–water partition coefficient (Wildman–Crippen LogP) is 1.91. The summed E-state index contributed by atoms with van der Waals surface area (Å²) in [5.74, 6) is -0.515. The molecule has 4 heteroatoms. The lowest BCUT2D eigenvalue weighted by Gasteiger charge is -2.04. The Balaban J connectivity index is 2.90. The van der Waals surface area contributed by atoms with Crippen molar-refractivity contribution in [1.82, 2.24) is 4.98 Å². The monoisotopic (exact) mass is 233 g/mol. The standard InChI is InChI=1S/C8H9BrFNO/c1-5(12)2-6-3-7(9)4-11-8(6)10/h3-5,12H,2H2,1H3. The summed E-state index contributed by atoms with van der Waals surface area (Å²) >= 11 is 3.18. The lowest BCUT2D eigenvalue weighted by Crippen LogP contribution is -2.06. The quantitative estimate of drug-likeness (QED) is 0.793. The van der Waals surface area contributed by atoms with Gasteiger partial charge >= 0.3 is 0 Å². The summed E-state index contributed by atoms with van der Waals surface area (Å²) in [4.78, 5) is 3.51. The zero-order chi connectivity index (χ0) is 9.14. The third-order valence-electron chi connectivity index (χ3n) is 1.39. The zero-order valence-corrected chi connectivity index (χ0v) is 8.18. The average molecular weight is 234 g/mol. The average Bonchev–Trinajstić information content (AvgIpc) is 1.96. The van der Waals surface area contributed by atoms with E-state index in [9.17, 15) is 4.39 Å². The van der Waals surface area contributed by atoms with E-state index in [4.69, 9.17) is 5.11 Å². The van der Waals surface area contributed by atoms with E-state index in [0.29, 0.717) is 5.56 Å². The van der Waals surface area contributed by atoms with Crippen molar-refractivity contribution in [2.24, 2.45) is 0 Å². The van der Waals surface area contributed by atoms with Gasteiger partial charge in [0.2, 0.25) is 5.95 Å². The van der Waals surface area contributed by atoms with Crippen LogP contribution in [0.3, 0.4) is 0 Å². The molecule has 12 heavy (non-hydrogen) atoms. The molecule has 0 bridgehead atoms. The van der Waals surface area contributed by atoms with Gasteiger partial charge in [0.05, 0.1) is 6.10 Å². The number of aliphatic hydroxyl groups is 1. The fraction of sp³-hybridized carbons (Fsp3) is 0.375. The van der Waals surface area contributed by atoms with Crippen molar-refractivity contribution in [3.05, 3.63) is 28.2 Å². The van der Waals surface area contributed by atoms with Crippen LogP contribution in [0.25, 0.3) is 0 Å². The maximum atomic E-state index is 12.9. The predicted molar refractivity (Wildman–Crippen MR) is 47.3 cm³/mol. The summed E-state index contributed by atoms with van der Waals surface area (Å²) in [5, 5.41) is 9.01. The highest BCUT2D eigenvalue weighted by atomic mass is 79.9. The third kappa shape index (κ3) is 2.53. The number of aromatic nitrogens is 1. The number of pyridine rings is 1. The molecule has 0 fully saturated rings. The maximum absolute atomic E-state index is 12.9. The molecular formula is C8H9BrFNO. The molecule has 1 N–H and O–H groups in total. The van der Waals surface area contributed by atoms with Crippen LogP contribution in [0.5, 0.6) is 0 Å². The van der Waals surface area contributed by atoms with Crippen molar-refractivity contribution in [2.45, 2.75) is 19.4 Å². The minimum atomic E-state index is -0.546. The van der Waals surface area contributed by atoms with Gasteiger partial charge in [-0.2, -0.15) is 4.39 Å². The molecule has 0 saturated heterocycles. The Morgan fingerprint density at radius 1 is 1.75 bits per heavy atom. The number of nitrogens with zero attached hydrogens (tertiary/aromatic N) is 1. The maximum Gasteiger partial charge on any atom is 0.216 e. The van der Waals surface area contributed by atoms with Crippen LogP contribution in [-0.4, -0.2) is 16.2 Å². The minimum Gasteiger partial charge on any atom is -0.393 e. The Morgan fingerprint density at radius 2 is 2.42 bits per heavy atom. The molecule has 0 amide bonds. The molecule has 0 radical (unpaired) electrons. The molecule has 1 heterocycles. The molecule has 2 nitrogen and oxygen atoms in total. The summed E-state index contributed by atoms with van der Waals surface area (Å²) in [6, 6.07) is 1.62. The normalized spacial score (nSPS) is 13.0. The molecule has 0 aliphatic heterocycles. The minimum absolute atomic E-state index is 0.290. The second kappa shape index (κ2) is 3.96. The molecule has 1 aromatic heterocycles. The Labute approximate surface area is 78.6 Å².